The summed E-state index contributed by atoms with van der Waals surface area (Å²) in [6, 6.07) is 10.8. The molecule has 1 aromatic heterocycles. The molecule has 223 valence electrons. The van der Waals surface area contributed by atoms with Gasteiger partial charge in [-0.2, -0.15) is 0 Å². The highest BCUT2D eigenvalue weighted by molar-refractivity contribution is 7.12. The van der Waals surface area contributed by atoms with Crippen molar-refractivity contribution in [2.45, 2.75) is 66.5 Å². The molecule has 0 aliphatic carbocycles. The van der Waals surface area contributed by atoms with E-state index in [2.05, 4.69) is 10.5 Å². The van der Waals surface area contributed by atoms with Gasteiger partial charge in [0.05, 0.1) is 5.69 Å². The molecule has 3 aromatic rings. The second-order valence-electron chi connectivity index (χ2n) is 11.8. The Kier molecular flexibility index (Phi) is 10.5. The summed E-state index contributed by atoms with van der Waals surface area (Å²) in [4.78, 5) is 29.0. The standard InChI is InChI=1S/C30H41B2N4O6/c1-18-14-23(32(40)31-39)10-12-25(18)19(2)16-35(8)28(37)33-24-11-13-26(27-20(3)34-42-21(27)4)22(15-24)17-36(9)29(38)41-30(5,6)7/h10-15,19,39-40H,16-17H2,1-9H3,(H,33,37)/t19-/m0/s1. The number of aromatic nitrogens is 1. The molecule has 3 rings (SSSR count). The van der Waals surface area contributed by atoms with Crippen LogP contribution >= 0.6 is 0 Å². The number of carbonyl (C=O) groups excluding carboxylic acids is 2. The summed E-state index contributed by atoms with van der Waals surface area (Å²) in [6.07, 6.45) is -0.456. The van der Waals surface area contributed by atoms with Crippen molar-refractivity contribution in [3.8, 4) is 11.1 Å². The number of carbonyl (C=O) groups is 2. The lowest BCUT2D eigenvalue weighted by atomic mass is 9.39. The Hall–Kier alpha value is -3.76. The molecule has 0 spiro atoms. The van der Waals surface area contributed by atoms with Gasteiger partial charge in [0.15, 0.2) is 0 Å². The molecule has 0 aliphatic heterocycles. The molecule has 10 nitrogen and oxygen atoms in total. The van der Waals surface area contributed by atoms with Crippen molar-refractivity contribution < 1.29 is 28.9 Å². The molecule has 3 N–H and O–H groups in total. The fourth-order valence-corrected chi connectivity index (χ4v) is 4.91. The molecule has 42 heavy (non-hydrogen) atoms. The third kappa shape index (κ3) is 8.17. The van der Waals surface area contributed by atoms with Gasteiger partial charge in [0.1, 0.15) is 11.4 Å². The average molecular weight is 575 g/mol. The maximum Gasteiger partial charge on any atom is 0.410 e. The van der Waals surface area contributed by atoms with Gasteiger partial charge in [-0.1, -0.05) is 41.8 Å². The number of hydrogen-bond acceptors (Lipinski definition) is 7. The Morgan fingerprint density at radius 2 is 1.81 bits per heavy atom. The number of urea groups is 1. The number of rotatable bonds is 9. The molecular formula is C30H41B2N4O6. The molecule has 12 heteroatoms. The zero-order chi connectivity index (χ0) is 31.4. The Balaban J connectivity index is 1.80. The second kappa shape index (κ2) is 13.5. The van der Waals surface area contributed by atoms with Gasteiger partial charge in [0, 0.05) is 38.4 Å². The van der Waals surface area contributed by atoms with Gasteiger partial charge in [0.2, 0.25) is 0 Å². The maximum atomic E-state index is 13.2. The number of ether oxygens (including phenoxy) is 1. The van der Waals surface area contributed by atoms with E-state index in [4.69, 9.17) is 14.3 Å². The topological polar surface area (TPSA) is 128 Å². The monoisotopic (exact) mass is 575 g/mol. The number of nitrogens with one attached hydrogen (secondary N) is 1. The highest BCUT2D eigenvalue weighted by Gasteiger charge is 2.23. The Morgan fingerprint density at radius 1 is 1.12 bits per heavy atom. The normalized spacial score (nSPS) is 12.0. The summed E-state index contributed by atoms with van der Waals surface area (Å²) in [6.45, 7) is 12.8. The molecule has 1 radical (unpaired) electrons. The van der Waals surface area contributed by atoms with Crippen molar-refractivity contribution in [1.29, 1.82) is 0 Å². The van der Waals surface area contributed by atoms with Crippen LogP contribution in [-0.2, 0) is 11.3 Å². The first-order valence-corrected chi connectivity index (χ1v) is 13.9. The van der Waals surface area contributed by atoms with Crippen LogP contribution in [0.1, 0.15) is 61.8 Å². The van der Waals surface area contributed by atoms with Crippen LogP contribution in [-0.4, -0.2) is 77.5 Å². The van der Waals surface area contributed by atoms with E-state index in [0.717, 1.165) is 40.9 Å². The Morgan fingerprint density at radius 3 is 2.38 bits per heavy atom. The molecule has 2 aromatic carbocycles. The van der Waals surface area contributed by atoms with Crippen molar-refractivity contribution >= 4 is 37.5 Å². The molecule has 1 heterocycles. The quantitative estimate of drug-likeness (QED) is 0.327. The van der Waals surface area contributed by atoms with Gasteiger partial charge in [-0.25, -0.2) is 9.59 Å². The Labute approximate surface area is 249 Å². The predicted molar refractivity (Wildman–Crippen MR) is 166 cm³/mol. The minimum absolute atomic E-state index is 0.0185. The van der Waals surface area contributed by atoms with Crippen LogP contribution in [0, 0.1) is 20.8 Å². The third-order valence-corrected chi connectivity index (χ3v) is 6.97. The number of benzene rings is 2. The van der Waals surface area contributed by atoms with Gasteiger partial charge in [0.25, 0.3) is 7.37 Å². The number of hydrogen-bond donors (Lipinski definition) is 3. The highest BCUT2D eigenvalue weighted by atomic mass is 16.6. The minimum atomic E-state index is -1.04. The molecule has 0 saturated carbocycles. The van der Waals surface area contributed by atoms with Gasteiger partial charge >= 0.3 is 18.9 Å². The molecular weight excluding hydrogens is 534 g/mol. The molecule has 3 amide bonds. The van der Waals surface area contributed by atoms with Gasteiger partial charge in [-0.05, 0) is 81.8 Å². The van der Waals surface area contributed by atoms with E-state index >= 15 is 0 Å². The van der Waals surface area contributed by atoms with Crippen molar-refractivity contribution in [2.75, 3.05) is 26.0 Å². The van der Waals surface area contributed by atoms with E-state index < -0.39 is 18.5 Å². The van der Waals surface area contributed by atoms with E-state index in [1.807, 2.05) is 78.8 Å². The van der Waals surface area contributed by atoms with E-state index in [0.29, 0.717) is 23.5 Å². The SMILES string of the molecule is Cc1cc(B(O)[B]O)ccc1[C@@H](C)CN(C)C(=O)Nc1ccc(-c2c(C)noc2C)c(CN(C)C(=O)OC(C)(C)C)c1. The lowest BCUT2D eigenvalue weighted by Gasteiger charge is -2.26. The smallest absolute Gasteiger partial charge is 0.410 e. The molecule has 0 bridgehead atoms. The minimum Gasteiger partial charge on any atom is -0.460 e. The zero-order valence-electron chi connectivity index (χ0n) is 26.0. The van der Waals surface area contributed by atoms with Crippen LogP contribution in [0.25, 0.3) is 11.1 Å². The van der Waals surface area contributed by atoms with Crippen molar-refractivity contribution in [1.82, 2.24) is 15.0 Å². The van der Waals surface area contributed by atoms with Crippen LogP contribution in [0.4, 0.5) is 15.3 Å². The van der Waals surface area contributed by atoms with Crippen LogP contribution in [0.2, 0.25) is 0 Å². The molecule has 0 aliphatic rings. The van der Waals surface area contributed by atoms with Crippen molar-refractivity contribution in [3.63, 3.8) is 0 Å². The number of aryl methyl sites for hydroxylation is 3. The summed E-state index contributed by atoms with van der Waals surface area (Å²) in [5, 5.41) is 26.1. The molecule has 1 atom stereocenters. The number of nitrogens with zero attached hydrogens (tertiary/aromatic N) is 3. The number of amides is 3. The summed E-state index contributed by atoms with van der Waals surface area (Å²) in [7, 11) is 4.15. The first-order chi connectivity index (χ1) is 19.6. The van der Waals surface area contributed by atoms with E-state index in [1.54, 1.807) is 25.1 Å². The maximum absolute atomic E-state index is 13.2. The third-order valence-electron chi connectivity index (χ3n) is 6.97. The summed E-state index contributed by atoms with van der Waals surface area (Å²) in [5.74, 6) is 0.677. The fraction of sp³-hybridized carbons (Fsp3) is 0.433. The lowest BCUT2D eigenvalue weighted by molar-refractivity contribution is 0.0285. The number of anilines is 1. The van der Waals surface area contributed by atoms with Gasteiger partial charge in [-0.15, -0.1) is 0 Å². The van der Waals surface area contributed by atoms with E-state index in [1.165, 1.54) is 4.90 Å². The van der Waals surface area contributed by atoms with E-state index in [-0.39, 0.29) is 18.5 Å². The highest BCUT2D eigenvalue weighted by Crippen LogP contribution is 2.33. The average Bonchev–Trinajstić information content (AvgIpc) is 3.24. The molecule has 0 unspecified atom stereocenters. The molecule has 0 fully saturated rings. The molecule has 0 saturated heterocycles. The Bertz CT molecular complexity index is 1400. The van der Waals surface area contributed by atoms with E-state index in [9.17, 15) is 14.6 Å². The summed E-state index contributed by atoms with van der Waals surface area (Å²) < 4.78 is 10.9. The predicted octanol–water partition coefficient (Wildman–Crippen LogP) is 4.20. The van der Waals surface area contributed by atoms with Crippen LogP contribution in [0.5, 0.6) is 0 Å². The van der Waals surface area contributed by atoms with Crippen molar-refractivity contribution in [3.05, 3.63) is 64.5 Å². The first-order valence-electron chi connectivity index (χ1n) is 13.9. The summed E-state index contributed by atoms with van der Waals surface area (Å²) in [5.41, 5.74) is 5.77. The summed E-state index contributed by atoms with van der Waals surface area (Å²) >= 11 is 0. The van der Waals surface area contributed by atoms with Crippen LogP contribution < -0.4 is 10.8 Å². The second-order valence-corrected chi connectivity index (χ2v) is 11.8. The van der Waals surface area contributed by atoms with Crippen LogP contribution in [0.15, 0.2) is 40.9 Å². The first kappa shape index (κ1) is 32.8. The fourth-order valence-electron chi connectivity index (χ4n) is 4.91. The van der Waals surface area contributed by atoms with Crippen molar-refractivity contribution in [2.24, 2.45) is 0 Å². The van der Waals surface area contributed by atoms with Gasteiger partial charge < -0.3 is 34.4 Å². The van der Waals surface area contributed by atoms with Crippen LogP contribution in [0.3, 0.4) is 0 Å². The largest absolute Gasteiger partial charge is 0.460 e. The lowest BCUT2D eigenvalue weighted by Crippen LogP contribution is -2.37. The zero-order valence-corrected chi connectivity index (χ0v) is 26.0. The van der Waals surface area contributed by atoms with Gasteiger partial charge in [-0.3, -0.25) is 0 Å². The number of likely N-dealkylation sites (N-methyl/N-ethyl adjacent to an activating group) is 1.